The van der Waals surface area contributed by atoms with E-state index in [1.54, 1.807) is 30.5 Å². The van der Waals surface area contributed by atoms with Gasteiger partial charge in [-0.3, -0.25) is 14.2 Å². The van der Waals surface area contributed by atoms with Crippen LogP contribution in [0.5, 0.6) is 0 Å². The molecule has 0 fully saturated rings. The number of halogens is 1. The lowest BCUT2D eigenvalue weighted by atomic mass is 10.2. The van der Waals surface area contributed by atoms with Crippen LogP contribution in [0.4, 0.5) is 0 Å². The number of thioether (sulfide) groups is 1. The fraction of sp³-hybridized carbons (Fsp3) is 0.158. The lowest BCUT2D eigenvalue weighted by molar-refractivity contribution is -0.118. The molecule has 0 unspecified atom stereocenters. The fourth-order valence-corrected chi connectivity index (χ4v) is 3.48. The second-order valence-electron chi connectivity index (χ2n) is 5.63. The summed E-state index contributed by atoms with van der Waals surface area (Å²) in [5.74, 6) is -0.0627. The third kappa shape index (κ3) is 4.56. The van der Waals surface area contributed by atoms with Crippen molar-refractivity contribution in [2.45, 2.75) is 18.2 Å². The largest absolute Gasteiger partial charge is 0.351 e. The first-order valence-electron chi connectivity index (χ1n) is 8.19. The standard InChI is InChI=1S/C19H17ClN4O2S/c1-2-10-24-18(26)14-7-5-9-21-17(14)23-19(24)27-12-16(25)22-11-13-6-3-4-8-15(13)20/h2-9H,1,10-12H2,(H,22,25). The topological polar surface area (TPSA) is 76.9 Å². The summed E-state index contributed by atoms with van der Waals surface area (Å²) in [5.41, 5.74) is 1.00. The molecular weight excluding hydrogens is 384 g/mol. The quantitative estimate of drug-likeness (QED) is 0.374. The van der Waals surface area contributed by atoms with Crippen molar-refractivity contribution in [1.29, 1.82) is 0 Å². The summed E-state index contributed by atoms with van der Waals surface area (Å²) >= 11 is 7.27. The molecule has 27 heavy (non-hydrogen) atoms. The summed E-state index contributed by atoms with van der Waals surface area (Å²) in [5, 5.41) is 4.29. The van der Waals surface area contributed by atoms with E-state index in [2.05, 4.69) is 21.9 Å². The van der Waals surface area contributed by atoms with Gasteiger partial charge >= 0.3 is 0 Å². The number of carbonyl (C=O) groups is 1. The number of nitrogens with one attached hydrogen (secondary N) is 1. The highest BCUT2D eigenvalue weighted by atomic mass is 35.5. The minimum Gasteiger partial charge on any atom is -0.351 e. The lowest BCUT2D eigenvalue weighted by Crippen LogP contribution is -2.26. The van der Waals surface area contributed by atoms with E-state index in [9.17, 15) is 9.59 Å². The van der Waals surface area contributed by atoms with Gasteiger partial charge in [0.25, 0.3) is 5.56 Å². The van der Waals surface area contributed by atoms with Gasteiger partial charge in [-0.1, -0.05) is 47.6 Å². The van der Waals surface area contributed by atoms with Crippen LogP contribution in [-0.2, 0) is 17.9 Å². The van der Waals surface area contributed by atoms with E-state index in [0.717, 1.165) is 5.56 Å². The van der Waals surface area contributed by atoms with Crippen LogP contribution in [0.3, 0.4) is 0 Å². The Morgan fingerprint density at radius 3 is 2.89 bits per heavy atom. The third-order valence-corrected chi connectivity index (χ3v) is 5.12. The van der Waals surface area contributed by atoms with Crippen molar-refractivity contribution in [3.8, 4) is 0 Å². The van der Waals surface area contributed by atoms with Crippen LogP contribution >= 0.6 is 23.4 Å². The summed E-state index contributed by atoms with van der Waals surface area (Å²) in [4.78, 5) is 33.4. The maximum Gasteiger partial charge on any atom is 0.263 e. The average molecular weight is 401 g/mol. The Labute approximate surface area is 165 Å². The van der Waals surface area contributed by atoms with Gasteiger partial charge in [0.1, 0.15) is 0 Å². The maximum absolute atomic E-state index is 12.6. The molecule has 0 aliphatic rings. The lowest BCUT2D eigenvalue weighted by Gasteiger charge is -2.11. The molecule has 8 heteroatoms. The van der Waals surface area contributed by atoms with Gasteiger partial charge in [-0.2, -0.15) is 0 Å². The highest BCUT2D eigenvalue weighted by Gasteiger charge is 2.13. The summed E-state index contributed by atoms with van der Waals surface area (Å²) in [6, 6.07) is 10.7. The predicted octanol–water partition coefficient (Wildman–Crippen LogP) is 3.04. The van der Waals surface area contributed by atoms with E-state index < -0.39 is 0 Å². The van der Waals surface area contributed by atoms with Crippen molar-refractivity contribution in [3.05, 3.63) is 76.2 Å². The Kier molecular flexibility index (Phi) is 6.26. The van der Waals surface area contributed by atoms with Gasteiger partial charge in [-0.05, 0) is 23.8 Å². The van der Waals surface area contributed by atoms with Crippen LogP contribution in [0.1, 0.15) is 5.56 Å². The van der Waals surface area contributed by atoms with Crippen molar-refractivity contribution >= 4 is 40.3 Å². The van der Waals surface area contributed by atoms with E-state index in [4.69, 9.17) is 11.6 Å². The van der Waals surface area contributed by atoms with Gasteiger partial charge in [0.2, 0.25) is 5.91 Å². The van der Waals surface area contributed by atoms with Gasteiger partial charge in [0.15, 0.2) is 10.8 Å². The first-order valence-corrected chi connectivity index (χ1v) is 9.56. The molecule has 2 heterocycles. The van der Waals surface area contributed by atoms with Crippen LogP contribution in [0.2, 0.25) is 5.02 Å². The maximum atomic E-state index is 12.6. The molecule has 6 nitrogen and oxygen atoms in total. The van der Waals surface area contributed by atoms with Crippen molar-refractivity contribution in [2.24, 2.45) is 0 Å². The number of benzene rings is 1. The van der Waals surface area contributed by atoms with Gasteiger partial charge < -0.3 is 5.32 Å². The SMILES string of the molecule is C=CCn1c(SCC(=O)NCc2ccccc2Cl)nc2ncccc2c1=O. The highest BCUT2D eigenvalue weighted by Crippen LogP contribution is 2.17. The summed E-state index contributed by atoms with van der Waals surface area (Å²) < 4.78 is 1.49. The van der Waals surface area contributed by atoms with Gasteiger partial charge in [-0.15, -0.1) is 6.58 Å². The van der Waals surface area contributed by atoms with Crippen LogP contribution in [0.25, 0.3) is 11.0 Å². The minimum absolute atomic E-state index is 0.117. The fourth-order valence-electron chi connectivity index (χ4n) is 2.45. The molecule has 138 valence electrons. The molecule has 1 N–H and O–H groups in total. The van der Waals surface area contributed by atoms with Crippen LogP contribution in [0, 0.1) is 0 Å². The van der Waals surface area contributed by atoms with Crippen LogP contribution < -0.4 is 10.9 Å². The molecule has 0 aliphatic heterocycles. The van der Waals surface area contributed by atoms with Crippen LogP contribution in [0.15, 0.2) is 65.2 Å². The summed E-state index contributed by atoms with van der Waals surface area (Å²) in [6.45, 7) is 4.32. The number of rotatable bonds is 7. The molecule has 0 atom stereocenters. The highest BCUT2D eigenvalue weighted by molar-refractivity contribution is 7.99. The molecular formula is C19H17ClN4O2S. The predicted molar refractivity (Wildman–Crippen MR) is 108 cm³/mol. The molecule has 0 saturated carbocycles. The Balaban J connectivity index is 1.73. The van der Waals surface area contributed by atoms with Crippen molar-refractivity contribution < 1.29 is 4.79 Å². The normalized spacial score (nSPS) is 10.7. The van der Waals surface area contributed by atoms with Crippen LogP contribution in [-0.4, -0.2) is 26.2 Å². The zero-order valence-electron chi connectivity index (χ0n) is 14.4. The third-order valence-electron chi connectivity index (χ3n) is 3.77. The number of allylic oxidation sites excluding steroid dienone is 1. The van der Waals surface area contributed by atoms with Crippen molar-refractivity contribution in [2.75, 3.05) is 5.75 Å². The Hall–Kier alpha value is -2.64. The Morgan fingerprint density at radius 2 is 2.11 bits per heavy atom. The summed E-state index contributed by atoms with van der Waals surface area (Å²) in [6.07, 6.45) is 3.20. The number of hydrogen-bond donors (Lipinski definition) is 1. The van der Waals surface area contributed by atoms with Crippen molar-refractivity contribution in [1.82, 2.24) is 19.9 Å². The van der Waals surface area contributed by atoms with E-state index in [0.29, 0.717) is 34.3 Å². The molecule has 1 aromatic carbocycles. The molecule has 1 amide bonds. The number of amides is 1. The molecule has 0 aliphatic carbocycles. The molecule has 0 radical (unpaired) electrons. The molecule has 0 spiro atoms. The second kappa shape index (κ2) is 8.83. The van der Waals surface area contributed by atoms with Gasteiger partial charge in [0.05, 0.1) is 11.1 Å². The monoisotopic (exact) mass is 400 g/mol. The molecule has 0 bridgehead atoms. The number of pyridine rings is 1. The number of fused-ring (bicyclic) bond motifs is 1. The van der Waals surface area contributed by atoms with Gasteiger partial charge in [-0.25, -0.2) is 9.97 Å². The van der Waals surface area contributed by atoms with E-state index in [1.807, 2.05) is 18.2 Å². The first-order chi connectivity index (χ1) is 13.1. The first kappa shape index (κ1) is 19.1. The van der Waals surface area contributed by atoms with E-state index in [-0.39, 0.29) is 17.2 Å². The molecule has 3 aromatic rings. The van der Waals surface area contributed by atoms with E-state index in [1.165, 1.54) is 16.3 Å². The Bertz CT molecular complexity index is 1050. The Morgan fingerprint density at radius 1 is 1.30 bits per heavy atom. The zero-order chi connectivity index (χ0) is 19.2. The molecule has 3 rings (SSSR count). The molecule has 2 aromatic heterocycles. The zero-order valence-corrected chi connectivity index (χ0v) is 16.0. The second-order valence-corrected chi connectivity index (χ2v) is 6.98. The number of nitrogens with zero attached hydrogens (tertiary/aromatic N) is 3. The smallest absolute Gasteiger partial charge is 0.263 e. The van der Waals surface area contributed by atoms with Gasteiger partial charge in [0, 0.05) is 24.3 Å². The minimum atomic E-state index is -0.202. The number of carbonyl (C=O) groups excluding carboxylic acids is 1. The molecule has 0 saturated heterocycles. The number of aromatic nitrogens is 3. The van der Waals surface area contributed by atoms with Crippen molar-refractivity contribution in [3.63, 3.8) is 0 Å². The van der Waals surface area contributed by atoms with E-state index >= 15 is 0 Å². The number of hydrogen-bond acceptors (Lipinski definition) is 5. The summed E-state index contributed by atoms with van der Waals surface area (Å²) in [7, 11) is 0. The average Bonchev–Trinajstić information content (AvgIpc) is 2.68.